The van der Waals surface area contributed by atoms with Gasteiger partial charge in [-0.2, -0.15) is 0 Å². The van der Waals surface area contributed by atoms with Crippen LogP contribution in [0.5, 0.6) is 0 Å². The maximum absolute atomic E-state index is 12.1. The fraction of sp³-hybridized carbons (Fsp3) is 0.118. The van der Waals surface area contributed by atoms with Crippen molar-refractivity contribution in [2.45, 2.75) is 6.42 Å². The fourth-order valence-electron chi connectivity index (χ4n) is 2.19. The fourth-order valence-corrected chi connectivity index (χ4v) is 3.39. The highest BCUT2D eigenvalue weighted by atomic mass is 35.5. The van der Waals surface area contributed by atoms with Crippen LogP contribution >= 0.6 is 22.9 Å². The van der Waals surface area contributed by atoms with Gasteiger partial charge in [0.05, 0.1) is 4.88 Å². The molecule has 3 aromatic rings. The molecule has 0 spiro atoms. The zero-order valence-corrected chi connectivity index (χ0v) is 12.9. The molecule has 0 saturated carbocycles. The summed E-state index contributed by atoms with van der Waals surface area (Å²) in [5.74, 6) is -0.0155. The van der Waals surface area contributed by atoms with Gasteiger partial charge in [0.2, 0.25) is 0 Å². The van der Waals surface area contributed by atoms with Crippen molar-refractivity contribution in [1.29, 1.82) is 0 Å². The van der Waals surface area contributed by atoms with Crippen LogP contribution < -0.4 is 5.32 Å². The van der Waals surface area contributed by atoms with E-state index in [-0.39, 0.29) is 5.91 Å². The standard InChI is InChI=1S/C17H14ClNOS/c18-14-6-3-4-12(10-14)8-9-19-17(20)16-11-13-5-1-2-7-15(13)21-16/h1-7,10-11H,8-9H2,(H,19,20). The van der Waals surface area contributed by atoms with E-state index in [0.717, 1.165) is 32.0 Å². The quantitative estimate of drug-likeness (QED) is 0.753. The van der Waals surface area contributed by atoms with Crippen LogP contribution in [0, 0.1) is 0 Å². The molecule has 0 fully saturated rings. The van der Waals surface area contributed by atoms with Gasteiger partial charge in [-0.3, -0.25) is 4.79 Å². The van der Waals surface area contributed by atoms with E-state index in [1.807, 2.05) is 54.6 Å². The summed E-state index contributed by atoms with van der Waals surface area (Å²) in [6, 6.07) is 17.7. The lowest BCUT2D eigenvalue weighted by Crippen LogP contribution is -2.24. The van der Waals surface area contributed by atoms with Gasteiger partial charge < -0.3 is 5.32 Å². The second-order valence-corrected chi connectivity index (χ2v) is 6.30. The molecule has 2 aromatic carbocycles. The van der Waals surface area contributed by atoms with Crippen LogP contribution in [-0.4, -0.2) is 12.5 Å². The van der Waals surface area contributed by atoms with E-state index in [2.05, 4.69) is 5.32 Å². The molecule has 106 valence electrons. The van der Waals surface area contributed by atoms with Gasteiger partial charge in [-0.05, 0) is 41.6 Å². The van der Waals surface area contributed by atoms with E-state index < -0.39 is 0 Å². The lowest BCUT2D eigenvalue weighted by atomic mass is 10.1. The Kier molecular flexibility index (Phi) is 4.23. The molecular weight excluding hydrogens is 302 g/mol. The molecule has 0 aliphatic rings. The second kappa shape index (κ2) is 6.29. The average Bonchev–Trinajstić information content (AvgIpc) is 2.91. The minimum Gasteiger partial charge on any atom is -0.351 e. The van der Waals surface area contributed by atoms with E-state index in [1.54, 1.807) is 0 Å². The number of carbonyl (C=O) groups excluding carboxylic acids is 1. The monoisotopic (exact) mass is 315 g/mol. The number of hydrogen-bond donors (Lipinski definition) is 1. The number of thiophene rings is 1. The van der Waals surface area contributed by atoms with Crippen molar-refractivity contribution in [3.05, 3.63) is 70.1 Å². The number of hydrogen-bond acceptors (Lipinski definition) is 2. The number of nitrogens with one attached hydrogen (secondary N) is 1. The Morgan fingerprint density at radius 1 is 1.10 bits per heavy atom. The molecule has 0 aliphatic carbocycles. The van der Waals surface area contributed by atoms with Gasteiger partial charge in [0.15, 0.2) is 0 Å². The Morgan fingerprint density at radius 3 is 2.76 bits per heavy atom. The van der Waals surface area contributed by atoms with Crippen LogP contribution in [0.4, 0.5) is 0 Å². The van der Waals surface area contributed by atoms with Crippen LogP contribution in [-0.2, 0) is 6.42 Å². The number of fused-ring (bicyclic) bond motifs is 1. The third-order valence-corrected chi connectivity index (χ3v) is 4.59. The molecule has 21 heavy (non-hydrogen) atoms. The molecule has 1 N–H and O–H groups in total. The van der Waals surface area contributed by atoms with Gasteiger partial charge in [-0.1, -0.05) is 41.9 Å². The highest BCUT2D eigenvalue weighted by molar-refractivity contribution is 7.20. The molecule has 0 bridgehead atoms. The summed E-state index contributed by atoms with van der Waals surface area (Å²) < 4.78 is 1.14. The summed E-state index contributed by atoms with van der Waals surface area (Å²) in [6.07, 6.45) is 0.775. The molecule has 0 aliphatic heterocycles. The first kappa shape index (κ1) is 14.1. The number of benzene rings is 2. The number of rotatable bonds is 4. The van der Waals surface area contributed by atoms with Crippen molar-refractivity contribution < 1.29 is 4.79 Å². The normalized spacial score (nSPS) is 10.7. The van der Waals surface area contributed by atoms with E-state index >= 15 is 0 Å². The zero-order valence-electron chi connectivity index (χ0n) is 11.3. The van der Waals surface area contributed by atoms with Gasteiger partial charge in [0, 0.05) is 16.3 Å². The van der Waals surface area contributed by atoms with Crippen LogP contribution in [0.1, 0.15) is 15.2 Å². The molecule has 1 aromatic heterocycles. The number of amides is 1. The van der Waals surface area contributed by atoms with Crippen molar-refractivity contribution in [1.82, 2.24) is 5.32 Å². The SMILES string of the molecule is O=C(NCCc1cccc(Cl)c1)c1cc2ccccc2s1. The van der Waals surface area contributed by atoms with E-state index in [0.29, 0.717) is 6.54 Å². The largest absolute Gasteiger partial charge is 0.351 e. The predicted molar refractivity (Wildman–Crippen MR) is 89.3 cm³/mol. The van der Waals surface area contributed by atoms with Crippen molar-refractivity contribution in [3.8, 4) is 0 Å². The third kappa shape index (κ3) is 3.43. The first-order valence-corrected chi connectivity index (χ1v) is 7.93. The van der Waals surface area contributed by atoms with Crippen molar-refractivity contribution in [3.63, 3.8) is 0 Å². The van der Waals surface area contributed by atoms with E-state index in [4.69, 9.17) is 11.6 Å². The van der Waals surface area contributed by atoms with Crippen molar-refractivity contribution in [2.24, 2.45) is 0 Å². The minimum atomic E-state index is -0.0155. The van der Waals surface area contributed by atoms with E-state index in [1.165, 1.54) is 11.3 Å². The Hall–Kier alpha value is -1.84. The third-order valence-electron chi connectivity index (χ3n) is 3.24. The molecule has 0 radical (unpaired) electrons. The van der Waals surface area contributed by atoms with Gasteiger partial charge in [-0.25, -0.2) is 0 Å². The van der Waals surface area contributed by atoms with E-state index in [9.17, 15) is 4.79 Å². The summed E-state index contributed by atoms with van der Waals surface area (Å²) >= 11 is 7.46. The van der Waals surface area contributed by atoms with Crippen LogP contribution in [0.25, 0.3) is 10.1 Å². The summed E-state index contributed by atoms with van der Waals surface area (Å²) in [5, 5.41) is 4.79. The van der Waals surface area contributed by atoms with Gasteiger partial charge in [0.1, 0.15) is 0 Å². The lowest BCUT2D eigenvalue weighted by Gasteiger charge is -2.04. The van der Waals surface area contributed by atoms with Crippen LogP contribution in [0.2, 0.25) is 5.02 Å². The summed E-state index contributed by atoms with van der Waals surface area (Å²) in [5.41, 5.74) is 1.12. The summed E-state index contributed by atoms with van der Waals surface area (Å²) in [7, 11) is 0. The summed E-state index contributed by atoms with van der Waals surface area (Å²) in [4.78, 5) is 12.9. The first-order valence-electron chi connectivity index (χ1n) is 6.73. The van der Waals surface area contributed by atoms with Crippen LogP contribution in [0.15, 0.2) is 54.6 Å². The van der Waals surface area contributed by atoms with Crippen LogP contribution in [0.3, 0.4) is 0 Å². The number of halogens is 1. The van der Waals surface area contributed by atoms with Gasteiger partial charge >= 0.3 is 0 Å². The molecule has 0 unspecified atom stereocenters. The second-order valence-electron chi connectivity index (χ2n) is 4.78. The first-order chi connectivity index (χ1) is 10.2. The van der Waals surface area contributed by atoms with Crippen molar-refractivity contribution in [2.75, 3.05) is 6.54 Å². The van der Waals surface area contributed by atoms with Gasteiger partial charge in [0.25, 0.3) is 5.91 Å². The molecular formula is C17H14ClNOS. The maximum atomic E-state index is 12.1. The molecule has 2 nitrogen and oxygen atoms in total. The maximum Gasteiger partial charge on any atom is 0.261 e. The smallest absolute Gasteiger partial charge is 0.261 e. The summed E-state index contributed by atoms with van der Waals surface area (Å²) in [6.45, 7) is 0.605. The zero-order chi connectivity index (χ0) is 14.7. The van der Waals surface area contributed by atoms with Crippen molar-refractivity contribution >= 4 is 38.9 Å². The predicted octanol–water partition coefficient (Wildman–Crippen LogP) is 4.53. The highest BCUT2D eigenvalue weighted by Gasteiger charge is 2.09. The molecule has 1 amide bonds. The highest BCUT2D eigenvalue weighted by Crippen LogP contribution is 2.25. The topological polar surface area (TPSA) is 29.1 Å². The molecule has 0 atom stereocenters. The minimum absolute atomic E-state index is 0.0155. The Bertz CT molecular complexity index is 748. The molecule has 0 saturated heterocycles. The Balaban J connectivity index is 1.61. The Morgan fingerprint density at radius 2 is 1.95 bits per heavy atom. The lowest BCUT2D eigenvalue weighted by molar-refractivity contribution is 0.0958. The number of carbonyl (C=O) groups is 1. The molecule has 3 rings (SSSR count). The Labute approximate surface area is 132 Å². The molecule has 4 heteroatoms. The van der Waals surface area contributed by atoms with Gasteiger partial charge in [-0.15, -0.1) is 11.3 Å². The molecule has 1 heterocycles. The average molecular weight is 316 g/mol.